The molecule has 1 heteroatoms. The maximum absolute atomic E-state index is 2.28. The minimum atomic E-state index is 0.241. The lowest BCUT2D eigenvalue weighted by Gasteiger charge is -2.28. The molecule has 1 aromatic rings. The van der Waals surface area contributed by atoms with Crippen molar-refractivity contribution in [3.63, 3.8) is 0 Å². The largest absolute Gasteiger partial charge is 0.309 e. The fourth-order valence-corrected chi connectivity index (χ4v) is 1.77. The van der Waals surface area contributed by atoms with Crippen molar-refractivity contribution in [3.05, 3.63) is 35.9 Å². The Hall–Kier alpha value is -0.820. The van der Waals surface area contributed by atoms with Gasteiger partial charge in [-0.1, -0.05) is 44.2 Å². The van der Waals surface area contributed by atoms with E-state index < -0.39 is 0 Å². The van der Waals surface area contributed by atoms with Crippen LogP contribution in [0, 0.1) is 0 Å². The van der Waals surface area contributed by atoms with Crippen LogP contribution in [0.15, 0.2) is 30.3 Å². The first-order chi connectivity index (χ1) is 6.02. The van der Waals surface area contributed by atoms with Crippen molar-refractivity contribution in [1.82, 2.24) is 4.90 Å². The lowest BCUT2D eigenvalue weighted by molar-refractivity contribution is 0.315. The molecule has 0 saturated heterocycles. The molecule has 1 nitrogen and oxygen atoms in total. The number of benzene rings is 1. The maximum Gasteiger partial charge on any atom is 0.00672 e. The molecule has 1 aromatic carbocycles. The molecule has 0 bridgehead atoms. The summed E-state index contributed by atoms with van der Waals surface area (Å²) < 4.78 is 0. The summed E-state index contributed by atoms with van der Waals surface area (Å²) >= 11 is 0. The van der Waals surface area contributed by atoms with Gasteiger partial charge in [0.2, 0.25) is 0 Å². The summed E-state index contributed by atoms with van der Waals surface area (Å²) in [4.78, 5) is 2.23. The molecule has 0 aliphatic heterocycles. The zero-order chi connectivity index (χ0) is 9.90. The second-order valence-electron chi connectivity index (χ2n) is 4.49. The highest BCUT2D eigenvalue weighted by Gasteiger charge is 2.20. The van der Waals surface area contributed by atoms with Gasteiger partial charge in [0, 0.05) is 12.0 Å². The minimum Gasteiger partial charge on any atom is -0.309 e. The zero-order valence-corrected chi connectivity index (χ0v) is 9.04. The first kappa shape index (κ1) is 10.3. The Morgan fingerprint density at radius 1 is 1.08 bits per heavy atom. The summed E-state index contributed by atoms with van der Waals surface area (Å²) in [6.07, 6.45) is 0. The number of nitrogens with zero attached hydrogens (tertiary/aromatic N) is 1. The number of hydrogen-bond acceptors (Lipinski definition) is 1. The average Bonchev–Trinajstić information content (AvgIpc) is 2.04. The zero-order valence-electron chi connectivity index (χ0n) is 9.04. The van der Waals surface area contributed by atoms with Crippen LogP contribution in [-0.2, 0) is 5.41 Å². The molecule has 72 valence electrons. The van der Waals surface area contributed by atoms with Crippen molar-refractivity contribution in [2.75, 3.05) is 20.6 Å². The van der Waals surface area contributed by atoms with Crippen LogP contribution in [-0.4, -0.2) is 25.5 Å². The quantitative estimate of drug-likeness (QED) is 0.685. The molecule has 0 fully saturated rings. The van der Waals surface area contributed by atoms with E-state index in [4.69, 9.17) is 0 Å². The topological polar surface area (TPSA) is 3.24 Å². The predicted molar refractivity (Wildman–Crippen MR) is 58.0 cm³/mol. The Morgan fingerprint density at radius 3 is 2.08 bits per heavy atom. The van der Waals surface area contributed by atoms with Crippen LogP contribution in [0.3, 0.4) is 0 Å². The van der Waals surface area contributed by atoms with Crippen molar-refractivity contribution in [2.24, 2.45) is 0 Å². The van der Waals surface area contributed by atoms with Gasteiger partial charge < -0.3 is 4.90 Å². The van der Waals surface area contributed by atoms with Crippen molar-refractivity contribution in [1.29, 1.82) is 0 Å². The molecule has 13 heavy (non-hydrogen) atoms. The van der Waals surface area contributed by atoms with E-state index in [0.717, 1.165) is 6.54 Å². The second-order valence-corrected chi connectivity index (χ2v) is 4.49. The van der Waals surface area contributed by atoms with E-state index in [0.29, 0.717) is 0 Å². The van der Waals surface area contributed by atoms with E-state index in [1.165, 1.54) is 5.56 Å². The van der Waals surface area contributed by atoms with Gasteiger partial charge in [0.1, 0.15) is 0 Å². The van der Waals surface area contributed by atoms with Gasteiger partial charge in [-0.3, -0.25) is 0 Å². The van der Waals surface area contributed by atoms with Gasteiger partial charge in [0.05, 0.1) is 0 Å². The molecule has 1 rings (SSSR count). The highest BCUT2D eigenvalue weighted by Crippen LogP contribution is 2.22. The van der Waals surface area contributed by atoms with E-state index in [9.17, 15) is 0 Å². The fraction of sp³-hybridized carbons (Fsp3) is 0.500. The summed E-state index contributed by atoms with van der Waals surface area (Å²) in [6, 6.07) is 10.7. The Labute approximate surface area is 81.4 Å². The lowest BCUT2D eigenvalue weighted by Crippen LogP contribution is -2.32. The number of rotatable bonds is 3. The molecule has 0 saturated carbocycles. The Balaban J connectivity index is 2.81. The molecule has 0 amide bonds. The first-order valence-corrected chi connectivity index (χ1v) is 4.72. The molecule has 0 radical (unpaired) electrons. The highest BCUT2D eigenvalue weighted by atomic mass is 15.1. The maximum atomic E-state index is 2.28. The van der Waals surface area contributed by atoms with Crippen LogP contribution in [0.4, 0.5) is 0 Å². The van der Waals surface area contributed by atoms with Crippen molar-refractivity contribution >= 4 is 0 Å². The van der Waals surface area contributed by atoms with Gasteiger partial charge in [0.25, 0.3) is 0 Å². The van der Waals surface area contributed by atoms with Gasteiger partial charge >= 0.3 is 0 Å². The molecule has 0 atom stereocenters. The van der Waals surface area contributed by atoms with Gasteiger partial charge in [-0.05, 0) is 19.7 Å². The van der Waals surface area contributed by atoms with Crippen LogP contribution in [0.2, 0.25) is 0 Å². The summed E-state index contributed by atoms with van der Waals surface area (Å²) in [5.74, 6) is 0. The molecule has 0 spiro atoms. The Morgan fingerprint density at radius 2 is 1.62 bits per heavy atom. The SMILES string of the molecule is CN(C)CC(C)(C)c1ccccc1. The van der Waals surface area contributed by atoms with Gasteiger partial charge in [0.15, 0.2) is 0 Å². The smallest absolute Gasteiger partial charge is 0.00672 e. The van der Waals surface area contributed by atoms with Crippen LogP contribution in [0.25, 0.3) is 0 Å². The molecule has 0 aliphatic carbocycles. The fourth-order valence-electron chi connectivity index (χ4n) is 1.77. The average molecular weight is 177 g/mol. The van der Waals surface area contributed by atoms with E-state index in [-0.39, 0.29) is 5.41 Å². The van der Waals surface area contributed by atoms with Gasteiger partial charge in [-0.15, -0.1) is 0 Å². The minimum absolute atomic E-state index is 0.241. The summed E-state index contributed by atoms with van der Waals surface area (Å²) in [6.45, 7) is 5.64. The third-order valence-electron chi connectivity index (χ3n) is 2.27. The predicted octanol–water partition coefficient (Wildman–Crippen LogP) is 2.53. The first-order valence-electron chi connectivity index (χ1n) is 4.72. The Kier molecular flexibility index (Phi) is 3.10. The van der Waals surface area contributed by atoms with E-state index in [1.807, 2.05) is 0 Å². The summed E-state index contributed by atoms with van der Waals surface area (Å²) in [5, 5.41) is 0. The third kappa shape index (κ3) is 2.85. The van der Waals surface area contributed by atoms with Crippen molar-refractivity contribution in [2.45, 2.75) is 19.3 Å². The number of likely N-dealkylation sites (N-methyl/N-ethyl adjacent to an activating group) is 1. The monoisotopic (exact) mass is 177 g/mol. The molecule has 0 aliphatic rings. The molecular formula is C12H19N. The van der Waals surface area contributed by atoms with Gasteiger partial charge in [-0.2, -0.15) is 0 Å². The standard InChI is InChI=1S/C12H19N/c1-12(2,10-13(3)4)11-8-6-5-7-9-11/h5-9H,10H2,1-4H3. The molecule has 0 N–H and O–H groups in total. The van der Waals surface area contributed by atoms with E-state index in [1.54, 1.807) is 0 Å². The van der Waals surface area contributed by atoms with Crippen LogP contribution < -0.4 is 0 Å². The van der Waals surface area contributed by atoms with Gasteiger partial charge in [-0.25, -0.2) is 0 Å². The third-order valence-corrected chi connectivity index (χ3v) is 2.27. The summed E-state index contributed by atoms with van der Waals surface area (Å²) in [5.41, 5.74) is 1.65. The Bertz CT molecular complexity index is 249. The summed E-state index contributed by atoms with van der Waals surface area (Å²) in [7, 11) is 4.23. The van der Waals surface area contributed by atoms with Crippen molar-refractivity contribution < 1.29 is 0 Å². The van der Waals surface area contributed by atoms with Crippen LogP contribution >= 0.6 is 0 Å². The normalized spacial score (nSPS) is 12.1. The molecule has 0 heterocycles. The second kappa shape index (κ2) is 3.93. The number of hydrogen-bond donors (Lipinski definition) is 0. The molecule has 0 aromatic heterocycles. The highest BCUT2D eigenvalue weighted by molar-refractivity contribution is 5.23. The molecule has 0 unspecified atom stereocenters. The van der Waals surface area contributed by atoms with E-state index >= 15 is 0 Å². The van der Waals surface area contributed by atoms with Crippen LogP contribution in [0.5, 0.6) is 0 Å². The lowest BCUT2D eigenvalue weighted by atomic mass is 9.84. The molecular weight excluding hydrogens is 158 g/mol. The van der Waals surface area contributed by atoms with Crippen molar-refractivity contribution in [3.8, 4) is 0 Å². The van der Waals surface area contributed by atoms with E-state index in [2.05, 4.69) is 63.2 Å². The van der Waals surface area contributed by atoms with Crippen LogP contribution in [0.1, 0.15) is 19.4 Å².